The molecule has 1 aromatic heterocycles. The molecule has 0 radical (unpaired) electrons. The zero-order chi connectivity index (χ0) is 15.3. The zero-order valence-electron chi connectivity index (χ0n) is 11.9. The van der Waals surface area contributed by atoms with Gasteiger partial charge in [0.2, 0.25) is 0 Å². The van der Waals surface area contributed by atoms with Gasteiger partial charge in [0.05, 0.1) is 19.4 Å². The van der Waals surface area contributed by atoms with Crippen LogP contribution in [-0.2, 0) is 11.8 Å². The number of aromatic nitrogens is 2. The van der Waals surface area contributed by atoms with E-state index >= 15 is 0 Å². The maximum absolute atomic E-state index is 11.8. The summed E-state index contributed by atoms with van der Waals surface area (Å²) in [6.45, 7) is 0.200. The highest BCUT2D eigenvalue weighted by atomic mass is 16.5. The maximum atomic E-state index is 11.8. The van der Waals surface area contributed by atoms with Gasteiger partial charge in [-0.1, -0.05) is 0 Å². The number of aliphatic hydroxyl groups excluding tert-OH is 2. The quantitative estimate of drug-likeness (QED) is 0.576. The van der Waals surface area contributed by atoms with Gasteiger partial charge in [-0.15, -0.1) is 0 Å². The SMILES string of the molecule is CN1CN([C@H]2C[C@H](O)[C@@H](CO)O2)c2nc(=O)n(C)c(N)c21. The van der Waals surface area contributed by atoms with Gasteiger partial charge < -0.3 is 30.5 Å². The van der Waals surface area contributed by atoms with Gasteiger partial charge in [0, 0.05) is 20.5 Å². The number of anilines is 3. The lowest BCUT2D eigenvalue weighted by Crippen LogP contribution is -2.38. The molecule has 0 aromatic carbocycles. The lowest BCUT2D eigenvalue weighted by Gasteiger charge is -2.25. The molecule has 2 aliphatic heterocycles. The van der Waals surface area contributed by atoms with E-state index < -0.39 is 24.1 Å². The fourth-order valence-corrected chi connectivity index (χ4v) is 2.83. The average Bonchev–Trinajstić information content (AvgIpc) is 2.96. The van der Waals surface area contributed by atoms with Crippen molar-refractivity contribution in [3.05, 3.63) is 10.5 Å². The molecule has 1 fully saturated rings. The molecule has 9 heteroatoms. The predicted molar refractivity (Wildman–Crippen MR) is 76.0 cm³/mol. The Hall–Kier alpha value is -1.84. The molecule has 3 rings (SSSR count). The van der Waals surface area contributed by atoms with Gasteiger partial charge in [0.1, 0.15) is 23.8 Å². The summed E-state index contributed by atoms with van der Waals surface area (Å²) in [5.74, 6) is 0.793. The molecular formula is C12H19N5O4. The zero-order valence-corrected chi connectivity index (χ0v) is 11.9. The van der Waals surface area contributed by atoms with Crippen LogP contribution in [0.3, 0.4) is 0 Å². The molecule has 3 heterocycles. The molecule has 0 saturated carbocycles. The number of fused-ring (bicyclic) bond motifs is 1. The van der Waals surface area contributed by atoms with E-state index in [2.05, 4.69) is 4.98 Å². The third-order valence-corrected chi connectivity index (χ3v) is 4.05. The van der Waals surface area contributed by atoms with Crippen LogP contribution < -0.4 is 21.2 Å². The summed E-state index contributed by atoms with van der Waals surface area (Å²) in [6, 6.07) is 0. The third kappa shape index (κ3) is 2.04. The Morgan fingerprint density at radius 3 is 2.81 bits per heavy atom. The fourth-order valence-electron chi connectivity index (χ4n) is 2.83. The molecule has 1 saturated heterocycles. The van der Waals surface area contributed by atoms with E-state index in [9.17, 15) is 9.90 Å². The van der Waals surface area contributed by atoms with Gasteiger partial charge >= 0.3 is 5.69 Å². The first kappa shape index (κ1) is 14.1. The predicted octanol–water partition coefficient (Wildman–Crippen LogP) is -1.96. The molecule has 1 aromatic rings. The summed E-state index contributed by atoms with van der Waals surface area (Å²) in [5.41, 5.74) is 6.22. The van der Waals surface area contributed by atoms with Crippen LogP contribution in [0.15, 0.2) is 4.79 Å². The van der Waals surface area contributed by atoms with E-state index in [-0.39, 0.29) is 6.61 Å². The van der Waals surface area contributed by atoms with Crippen LogP contribution in [-0.4, -0.2) is 58.5 Å². The van der Waals surface area contributed by atoms with Crippen LogP contribution in [0, 0.1) is 0 Å². The van der Waals surface area contributed by atoms with E-state index in [1.807, 2.05) is 11.9 Å². The Bertz CT molecular complexity index is 618. The van der Waals surface area contributed by atoms with Crippen molar-refractivity contribution in [1.29, 1.82) is 0 Å². The summed E-state index contributed by atoms with van der Waals surface area (Å²) in [7, 11) is 3.41. The summed E-state index contributed by atoms with van der Waals surface area (Å²) in [6.07, 6.45) is -1.46. The number of nitrogens with two attached hydrogens (primary N) is 1. The second-order valence-corrected chi connectivity index (χ2v) is 5.43. The summed E-state index contributed by atoms with van der Waals surface area (Å²) in [5, 5.41) is 19.0. The first-order valence-electron chi connectivity index (χ1n) is 6.72. The monoisotopic (exact) mass is 297 g/mol. The van der Waals surface area contributed by atoms with Crippen molar-refractivity contribution >= 4 is 17.3 Å². The van der Waals surface area contributed by atoms with Crippen LogP contribution in [0.25, 0.3) is 0 Å². The average molecular weight is 297 g/mol. The third-order valence-electron chi connectivity index (χ3n) is 4.05. The van der Waals surface area contributed by atoms with Crippen molar-refractivity contribution in [3.8, 4) is 0 Å². The van der Waals surface area contributed by atoms with Gasteiger partial charge in [-0.25, -0.2) is 4.79 Å². The van der Waals surface area contributed by atoms with Crippen LogP contribution >= 0.6 is 0 Å². The Morgan fingerprint density at radius 2 is 2.19 bits per heavy atom. The molecule has 0 bridgehead atoms. The number of hydrogen-bond acceptors (Lipinski definition) is 8. The molecule has 2 aliphatic rings. The highest BCUT2D eigenvalue weighted by Crippen LogP contribution is 2.39. The standard InChI is InChI=1S/C12H19N5O4/c1-15-5-17(8-3-6(19)7(4-18)21-8)11-9(15)10(13)16(2)12(20)14-11/h6-8,18-19H,3-5,13H2,1-2H3/t6-,7+,8+/m0/s1. The molecule has 0 unspecified atom stereocenters. The highest BCUT2D eigenvalue weighted by Gasteiger charge is 2.41. The fraction of sp³-hybridized carbons (Fsp3) is 0.667. The smallest absolute Gasteiger partial charge is 0.350 e. The number of ether oxygens (including phenoxy) is 1. The van der Waals surface area contributed by atoms with Crippen molar-refractivity contribution in [2.24, 2.45) is 7.05 Å². The van der Waals surface area contributed by atoms with Crippen LogP contribution in [0.5, 0.6) is 0 Å². The van der Waals surface area contributed by atoms with Gasteiger partial charge in [-0.2, -0.15) is 4.98 Å². The summed E-state index contributed by atoms with van der Waals surface area (Å²) >= 11 is 0. The Morgan fingerprint density at radius 1 is 1.48 bits per heavy atom. The van der Waals surface area contributed by atoms with E-state index in [0.717, 1.165) is 0 Å². The Balaban J connectivity index is 1.98. The molecule has 0 spiro atoms. The van der Waals surface area contributed by atoms with Crippen LogP contribution in [0.4, 0.5) is 17.3 Å². The van der Waals surface area contributed by atoms with Gasteiger partial charge in [-0.05, 0) is 0 Å². The first-order valence-corrected chi connectivity index (χ1v) is 6.72. The normalized spacial score (nSPS) is 28.3. The topological polar surface area (TPSA) is 117 Å². The van der Waals surface area contributed by atoms with Crippen molar-refractivity contribution in [3.63, 3.8) is 0 Å². The largest absolute Gasteiger partial charge is 0.394 e. The Labute approximate surface area is 121 Å². The molecule has 116 valence electrons. The van der Waals surface area contributed by atoms with Gasteiger partial charge in [-0.3, -0.25) is 4.57 Å². The van der Waals surface area contributed by atoms with E-state index in [4.69, 9.17) is 15.6 Å². The van der Waals surface area contributed by atoms with Gasteiger partial charge in [0.25, 0.3) is 0 Å². The van der Waals surface area contributed by atoms with Crippen LogP contribution in [0.2, 0.25) is 0 Å². The molecule has 3 atom stereocenters. The van der Waals surface area contributed by atoms with Crippen LogP contribution in [0.1, 0.15) is 6.42 Å². The van der Waals surface area contributed by atoms with Crippen molar-refractivity contribution in [2.45, 2.75) is 24.9 Å². The number of nitrogen functional groups attached to an aromatic ring is 1. The van der Waals surface area contributed by atoms with E-state index in [1.54, 1.807) is 11.9 Å². The van der Waals surface area contributed by atoms with E-state index in [0.29, 0.717) is 30.4 Å². The Kier molecular flexibility index (Phi) is 3.27. The minimum absolute atomic E-state index is 0.250. The molecule has 4 N–H and O–H groups in total. The highest BCUT2D eigenvalue weighted by molar-refractivity contribution is 5.81. The summed E-state index contributed by atoms with van der Waals surface area (Å²) < 4.78 is 6.92. The van der Waals surface area contributed by atoms with Crippen molar-refractivity contribution in [1.82, 2.24) is 9.55 Å². The molecule has 0 aliphatic carbocycles. The lowest BCUT2D eigenvalue weighted by atomic mass is 10.2. The molecule has 9 nitrogen and oxygen atoms in total. The summed E-state index contributed by atoms with van der Waals surface area (Å²) in [4.78, 5) is 19.6. The first-order chi connectivity index (χ1) is 9.93. The van der Waals surface area contributed by atoms with Crippen molar-refractivity contribution in [2.75, 3.05) is 35.9 Å². The lowest BCUT2D eigenvalue weighted by molar-refractivity contribution is -0.0220. The number of nitrogens with zero attached hydrogens (tertiary/aromatic N) is 4. The molecule has 21 heavy (non-hydrogen) atoms. The number of rotatable bonds is 2. The maximum Gasteiger partial charge on any atom is 0.350 e. The minimum atomic E-state index is -0.738. The molecular weight excluding hydrogens is 278 g/mol. The number of hydrogen-bond donors (Lipinski definition) is 3. The number of aliphatic hydroxyl groups is 2. The van der Waals surface area contributed by atoms with Gasteiger partial charge in [0.15, 0.2) is 5.82 Å². The minimum Gasteiger partial charge on any atom is -0.394 e. The second kappa shape index (κ2) is 4.86. The van der Waals surface area contributed by atoms with E-state index in [1.165, 1.54) is 4.57 Å². The van der Waals surface area contributed by atoms with Crippen molar-refractivity contribution < 1.29 is 14.9 Å². The molecule has 0 amide bonds. The second-order valence-electron chi connectivity index (χ2n) is 5.43.